The fourth-order valence-corrected chi connectivity index (χ4v) is 2.12. The van der Waals surface area contributed by atoms with E-state index in [0.29, 0.717) is 0 Å². The molecule has 2 aromatic carbocycles. The Bertz CT molecular complexity index is 659. The van der Waals surface area contributed by atoms with Gasteiger partial charge in [0.25, 0.3) is 0 Å². The normalized spacial score (nSPS) is 10.4. The fourth-order valence-electron chi connectivity index (χ4n) is 1.86. The van der Waals surface area contributed by atoms with Crippen LogP contribution in [0.25, 0.3) is 5.69 Å². The summed E-state index contributed by atoms with van der Waals surface area (Å²) in [6, 6.07) is 18.1. The molecule has 0 saturated carbocycles. The van der Waals surface area contributed by atoms with Crippen LogP contribution in [-0.2, 0) is 0 Å². The van der Waals surface area contributed by atoms with Crippen molar-refractivity contribution in [3.8, 4) is 5.69 Å². The van der Waals surface area contributed by atoms with Crippen LogP contribution in [0.4, 0.5) is 11.6 Å². The van der Waals surface area contributed by atoms with Crippen molar-refractivity contribution in [1.29, 1.82) is 0 Å². The average Bonchev–Trinajstić information content (AvgIpc) is 2.90. The van der Waals surface area contributed by atoms with E-state index in [0.717, 1.165) is 21.8 Å². The van der Waals surface area contributed by atoms with Crippen molar-refractivity contribution in [2.45, 2.75) is 0 Å². The molecule has 0 aliphatic heterocycles. The summed E-state index contributed by atoms with van der Waals surface area (Å²) < 4.78 is 3.08. The molecule has 0 aliphatic rings. The van der Waals surface area contributed by atoms with Gasteiger partial charge in [0.05, 0.1) is 0 Å². The van der Waals surface area contributed by atoms with Gasteiger partial charge in [-0.05, 0) is 36.4 Å². The second-order valence-corrected chi connectivity index (χ2v) is 5.00. The molecule has 0 bridgehead atoms. The molecular weight excluding hydrogens is 302 g/mol. The molecule has 0 radical (unpaired) electrons. The van der Waals surface area contributed by atoms with Gasteiger partial charge in [0.15, 0.2) is 0 Å². The summed E-state index contributed by atoms with van der Waals surface area (Å²) in [7, 11) is 0. The molecule has 94 valence electrons. The maximum Gasteiger partial charge on any atom is 0.211 e. The topological polar surface area (TPSA) is 29.9 Å². The van der Waals surface area contributed by atoms with Crippen molar-refractivity contribution < 1.29 is 0 Å². The van der Waals surface area contributed by atoms with Gasteiger partial charge in [-0.25, -0.2) is 4.98 Å². The number of imidazole rings is 1. The van der Waals surface area contributed by atoms with E-state index in [-0.39, 0.29) is 0 Å². The Hall–Kier alpha value is -2.07. The zero-order valence-corrected chi connectivity index (χ0v) is 11.7. The highest BCUT2D eigenvalue weighted by atomic mass is 79.9. The van der Waals surface area contributed by atoms with Gasteiger partial charge in [0, 0.05) is 28.2 Å². The van der Waals surface area contributed by atoms with E-state index < -0.39 is 0 Å². The number of rotatable bonds is 3. The van der Waals surface area contributed by atoms with E-state index in [1.807, 2.05) is 53.2 Å². The quantitative estimate of drug-likeness (QED) is 0.777. The monoisotopic (exact) mass is 313 g/mol. The second-order valence-electron chi connectivity index (χ2n) is 4.09. The number of halogens is 1. The lowest BCUT2D eigenvalue weighted by molar-refractivity contribution is 1.06. The maximum atomic E-state index is 4.35. The number of benzene rings is 2. The molecule has 3 aromatic rings. The van der Waals surface area contributed by atoms with Gasteiger partial charge < -0.3 is 5.32 Å². The number of hydrogen-bond acceptors (Lipinski definition) is 2. The fraction of sp³-hybridized carbons (Fsp3) is 0. The maximum absolute atomic E-state index is 4.35. The molecule has 1 heterocycles. The van der Waals surface area contributed by atoms with E-state index >= 15 is 0 Å². The molecule has 0 saturated heterocycles. The van der Waals surface area contributed by atoms with Crippen molar-refractivity contribution in [3.05, 3.63) is 71.5 Å². The molecule has 0 unspecified atom stereocenters. The number of para-hydroxylation sites is 1. The Balaban J connectivity index is 1.91. The average molecular weight is 314 g/mol. The van der Waals surface area contributed by atoms with Crippen LogP contribution in [0.3, 0.4) is 0 Å². The number of anilines is 2. The smallest absolute Gasteiger partial charge is 0.211 e. The Morgan fingerprint density at radius 2 is 1.68 bits per heavy atom. The zero-order valence-electron chi connectivity index (χ0n) is 10.1. The Morgan fingerprint density at radius 1 is 0.947 bits per heavy atom. The van der Waals surface area contributed by atoms with Crippen LogP contribution >= 0.6 is 15.9 Å². The molecule has 1 aromatic heterocycles. The molecule has 4 heteroatoms. The van der Waals surface area contributed by atoms with Crippen LogP contribution in [0.15, 0.2) is 71.5 Å². The third kappa shape index (κ3) is 2.69. The molecule has 0 fully saturated rings. The minimum Gasteiger partial charge on any atom is -0.325 e. The standard InChI is InChI=1S/C15H12BrN3/c16-12-6-8-13(9-7-12)18-15-17-10-11-19(15)14-4-2-1-3-5-14/h1-11H,(H,17,18). The lowest BCUT2D eigenvalue weighted by Crippen LogP contribution is -2.00. The van der Waals surface area contributed by atoms with E-state index in [1.165, 1.54) is 0 Å². The van der Waals surface area contributed by atoms with Gasteiger partial charge in [-0.1, -0.05) is 34.1 Å². The van der Waals surface area contributed by atoms with Gasteiger partial charge in [0.1, 0.15) is 0 Å². The predicted octanol–water partition coefficient (Wildman–Crippen LogP) is 4.38. The van der Waals surface area contributed by atoms with Crippen LogP contribution in [0.2, 0.25) is 0 Å². The van der Waals surface area contributed by atoms with Gasteiger partial charge in [-0.15, -0.1) is 0 Å². The summed E-state index contributed by atoms with van der Waals surface area (Å²) in [4.78, 5) is 4.35. The van der Waals surface area contributed by atoms with Crippen LogP contribution < -0.4 is 5.32 Å². The molecular formula is C15H12BrN3. The summed E-state index contributed by atoms with van der Waals surface area (Å²) >= 11 is 3.43. The first-order valence-corrected chi connectivity index (χ1v) is 6.73. The minimum atomic E-state index is 0.800. The van der Waals surface area contributed by atoms with Crippen LogP contribution in [0.5, 0.6) is 0 Å². The number of hydrogen-bond donors (Lipinski definition) is 1. The molecule has 0 aliphatic carbocycles. The van der Waals surface area contributed by atoms with E-state index in [4.69, 9.17) is 0 Å². The Labute approximate surface area is 120 Å². The summed E-state index contributed by atoms with van der Waals surface area (Å²) in [6.45, 7) is 0. The molecule has 0 spiro atoms. The van der Waals surface area contributed by atoms with Gasteiger partial charge >= 0.3 is 0 Å². The van der Waals surface area contributed by atoms with Gasteiger partial charge in [0.2, 0.25) is 5.95 Å². The summed E-state index contributed by atoms with van der Waals surface area (Å²) in [5.74, 6) is 0.800. The van der Waals surface area contributed by atoms with Crippen LogP contribution in [0, 0.1) is 0 Å². The van der Waals surface area contributed by atoms with E-state index in [2.05, 4.69) is 38.4 Å². The van der Waals surface area contributed by atoms with Crippen molar-refractivity contribution in [2.75, 3.05) is 5.32 Å². The Kier molecular flexibility index (Phi) is 3.33. The SMILES string of the molecule is Brc1ccc(Nc2nccn2-c2ccccc2)cc1. The van der Waals surface area contributed by atoms with Crippen molar-refractivity contribution in [1.82, 2.24) is 9.55 Å². The lowest BCUT2D eigenvalue weighted by Gasteiger charge is -2.09. The molecule has 1 N–H and O–H groups in total. The highest BCUT2D eigenvalue weighted by molar-refractivity contribution is 9.10. The summed E-state index contributed by atoms with van der Waals surface area (Å²) in [6.07, 6.45) is 3.73. The molecule has 3 rings (SSSR count). The highest BCUT2D eigenvalue weighted by Crippen LogP contribution is 2.20. The molecule has 19 heavy (non-hydrogen) atoms. The third-order valence-corrected chi connectivity index (χ3v) is 3.30. The lowest BCUT2D eigenvalue weighted by atomic mass is 10.3. The third-order valence-electron chi connectivity index (χ3n) is 2.78. The van der Waals surface area contributed by atoms with Crippen LogP contribution in [-0.4, -0.2) is 9.55 Å². The summed E-state index contributed by atoms with van der Waals surface area (Å²) in [5, 5.41) is 3.31. The molecule has 3 nitrogen and oxygen atoms in total. The predicted molar refractivity (Wildman–Crippen MR) is 81.0 cm³/mol. The van der Waals surface area contributed by atoms with E-state index in [1.54, 1.807) is 6.20 Å². The largest absolute Gasteiger partial charge is 0.325 e. The van der Waals surface area contributed by atoms with Crippen molar-refractivity contribution in [3.63, 3.8) is 0 Å². The number of nitrogens with one attached hydrogen (secondary N) is 1. The molecule has 0 amide bonds. The second kappa shape index (κ2) is 5.28. The number of aromatic nitrogens is 2. The van der Waals surface area contributed by atoms with Crippen LogP contribution in [0.1, 0.15) is 0 Å². The number of nitrogens with zero attached hydrogens (tertiary/aromatic N) is 2. The van der Waals surface area contributed by atoms with Gasteiger partial charge in [-0.2, -0.15) is 0 Å². The first kappa shape index (κ1) is 12.0. The highest BCUT2D eigenvalue weighted by Gasteiger charge is 2.04. The Morgan fingerprint density at radius 3 is 2.42 bits per heavy atom. The summed E-state index contributed by atoms with van der Waals surface area (Å²) in [5.41, 5.74) is 2.09. The molecule has 0 atom stereocenters. The first-order valence-electron chi connectivity index (χ1n) is 5.94. The van der Waals surface area contributed by atoms with Crippen molar-refractivity contribution in [2.24, 2.45) is 0 Å². The minimum absolute atomic E-state index is 0.800. The zero-order chi connectivity index (χ0) is 13.1. The van der Waals surface area contributed by atoms with E-state index in [9.17, 15) is 0 Å². The first-order chi connectivity index (χ1) is 9.33. The van der Waals surface area contributed by atoms with Gasteiger partial charge in [-0.3, -0.25) is 4.57 Å². The van der Waals surface area contributed by atoms with Crippen molar-refractivity contribution >= 4 is 27.6 Å².